The van der Waals surface area contributed by atoms with Gasteiger partial charge in [-0.1, -0.05) is 53.2 Å². The molecule has 0 aliphatic heterocycles. The van der Waals surface area contributed by atoms with Gasteiger partial charge in [-0.05, 0) is 43.7 Å². The molecular weight excluding hydrogens is 458 g/mol. The quantitative estimate of drug-likeness (QED) is 0.343. The van der Waals surface area contributed by atoms with E-state index >= 15 is 0 Å². The lowest BCUT2D eigenvalue weighted by Crippen LogP contribution is -2.12. The Balaban J connectivity index is 1.74. The van der Waals surface area contributed by atoms with Crippen molar-refractivity contribution in [1.29, 1.82) is 0 Å². The third-order valence-electron chi connectivity index (χ3n) is 4.25. The van der Waals surface area contributed by atoms with Crippen LogP contribution in [0.3, 0.4) is 0 Å². The molecule has 0 saturated heterocycles. The smallest absolute Gasteiger partial charge is 0.416 e. The number of hydrogen-bond donors (Lipinski definition) is 0. The van der Waals surface area contributed by atoms with Crippen molar-refractivity contribution in [1.82, 2.24) is 14.8 Å². The summed E-state index contributed by atoms with van der Waals surface area (Å²) in [4.78, 5) is 0. The Bertz CT molecular complexity index is 1030. The average Bonchev–Trinajstić information content (AvgIpc) is 3.11. The standard InChI is InChI=1S/C20H18Cl2F3N3OS/c1-3-28-18(12(2)29-17-8-7-15(21)10-16(17)22)26-27-19(28)30-11-13-5-4-6-14(9-13)20(23,24)25/h4-10,12H,3,11H2,1-2H3. The van der Waals surface area contributed by atoms with Crippen molar-refractivity contribution in [3.05, 3.63) is 69.5 Å². The molecule has 0 aliphatic carbocycles. The van der Waals surface area contributed by atoms with Crippen LogP contribution in [0.1, 0.15) is 36.9 Å². The summed E-state index contributed by atoms with van der Waals surface area (Å²) in [6.07, 6.45) is -4.81. The normalized spacial score (nSPS) is 12.8. The summed E-state index contributed by atoms with van der Waals surface area (Å²) in [7, 11) is 0. The summed E-state index contributed by atoms with van der Waals surface area (Å²) in [5.74, 6) is 1.40. The van der Waals surface area contributed by atoms with E-state index in [0.29, 0.717) is 44.6 Å². The third-order valence-corrected chi connectivity index (χ3v) is 5.81. The SMILES string of the molecule is CCn1c(SCc2cccc(C(F)(F)F)c2)nnc1C(C)Oc1ccc(Cl)cc1Cl. The van der Waals surface area contributed by atoms with E-state index in [1.165, 1.54) is 17.8 Å². The van der Waals surface area contributed by atoms with E-state index < -0.39 is 17.8 Å². The second-order valence-electron chi connectivity index (χ2n) is 6.41. The van der Waals surface area contributed by atoms with Crippen molar-refractivity contribution in [2.24, 2.45) is 0 Å². The Kier molecular flexibility index (Phi) is 7.21. The average molecular weight is 476 g/mol. The van der Waals surface area contributed by atoms with Crippen LogP contribution in [0.5, 0.6) is 5.75 Å². The summed E-state index contributed by atoms with van der Waals surface area (Å²) in [6, 6.07) is 10.2. The highest BCUT2D eigenvalue weighted by atomic mass is 35.5. The van der Waals surface area contributed by atoms with Gasteiger partial charge in [0.05, 0.1) is 10.6 Å². The van der Waals surface area contributed by atoms with Crippen molar-refractivity contribution in [3.8, 4) is 5.75 Å². The van der Waals surface area contributed by atoms with E-state index in [-0.39, 0.29) is 0 Å². The molecule has 1 unspecified atom stereocenters. The first kappa shape index (κ1) is 22.8. The van der Waals surface area contributed by atoms with E-state index in [2.05, 4.69) is 10.2 Å². The molecule has 0 amide bonds. The van der Waals surface area contributed by atoms with Crippen molar-refractivity contribution in [2.45, 2.75) is 43.6 Å². The topological polar surface area (TPSA) is 39.9 Å². The molecule has 0 bridgehead atoms. The predicted octanol–water partition coefficient (Wildman–Crippen LogP) is 7.06. The largest absolute Gasteiger partial charge is 0.481 e. The van der Waals surface area contributed by atoms with E-state index in [9.17, 15) is 13.2 Å². The molecule has 160 valence electrons. The summed E-state index contributed by atoms with van der Waals surface area (Å²) < 4.78 is 46.5. The van der Waals surface area contributed by atoms with Gasteiger partial charge in [0.15, 0.2) is 17.1 Å². The van der Waals surface area contributed by atoms with E-state index in [1.807, 2.05) is 18.4 Å². The van der Waals surface area contributed by atoms with Crippen LogP contribution in [0.2, 0.25) is 10.0 Å². The van der Waals surface area contributed by atoms with Crippen LogP contribution in [0.25, 0.3) is 0 Å². The number of halogens is 5. The highest BCUT2D eigenvalue weighted by Gasteiger charge is 2.30. The molecule has 1 aromatic heterocycles. The van der Waals surface area contributed by atoms with Crippen LogP contribution in [0, 0.1) is 0 Å². The number of hydrogen-bond acceptors (Lipinski definition) is 4. The molecule has 30 heavy (non-hydrogen) atoms. The zero-order valence-electron chi connectivity index (χ0n) is 16.1. The molecular formula is C20H18Cl2F3N3OS. The molecule has 4 nitrogen and oxygen atoms in total. The second-order valence-corrected chi connectivity index (χ2v) is 8.19. The first-order valence-corrected chi connectivity index (χ1v) is 10.8. The first-order valence-electron chi connectivity index (χ1n) is 9.02. The van der Waals surface area contributed by atoms with Gasteiger partial charge in [-0.2, -0.15) is 13.2 Å². The van der Waals surface area contributed by atoms with Gasteiger partial charge >= 0.3 is 6.18 Å². The monoisotopic (exact) mass is 475 g/mol. The maximum absolute atomic E-state index is 12.9. The van der Waals surface area contributed by atoms with Crippen LogP contribution in [-0.4, -0.2) is 14.8 Å². The Labute approximate surface area is 186 Å². The number of nitrogens with zero attached hydrogens (tertiary/aromatic N) is 3. The number of alkyl halides is 3. The number of aromatic nitrogens is 3. The Hall–Kier alpha value is -1.90. The van der Waals surface area contributed by atoms with Gasteiger partial charge in [0.2, 0.25) is 0 Å². The van der Waals surface area contributed by atoms with Crippen LogP contribution in [0.15, 0.2) is 47.6 Å². The minimum absolute atomic E-state index is 0.334. The molecule has 3 aromatic rings. The maximum Gasteiger partial charge on any atom is 0.416 e. The van der Waals surface area contributed by atoms with Gasteiger partial charge in [-0.3, -0.25) is 0 Å². The number of rotatable bonds is 7. The van der Waals surface area contributed by atoms with Gasteiger partial charge in [0.1, 0.15) is 5.75 Å². The van der Waals surface area contributed by atoms with Gasteiger partial charge < -0.3 is 9.30 Å². The summed E-state index contributed by atoms with van der Waals surface area (Å²) >= 11 is 13.4. The number of thioether (sulfide) groups is 1. The Morgan fingerprint density at radius 1 is 1.13 bits per heavy atom. The third kappa shape index (κ3) is 5.42. The van der Waals surface area contributed by atoms with Crippen LogP contribution < -0.4 is 4.74 Å². The highest BCUT2D eigenvalue weighted by Crippen LogP contribution is 2.33. The minimum atomic E-state index is -4.37. The lowest BCUT2D eigenvalue weighted by molar-refractivity contribution is -0.137. The Morgan fingerprint density at radius 2 is 1.90 bits per heavy atom. The van der Waals surface area contributed by atoms with Crippen molar-refractivity contribution < 1.29 is 17.9 Å². The van der Waals surface area contributed by atoms with E-state index in [0.717, 1.165) is 12.1 Å². The molecule has 2 aromatic carbocycles. The van der Waals surface area contributed by atoms with Gasteiger partial charge in [0.25, 0.3) is 0 Å². The van der Waals surface area contributed by atoms with Crippen LogP contribution in [0.4, 0.5) is 13.2 Å². The molecule has 1 heterocycles. The first-order chi connectivity index (χ1) is 14.2. The van der Waals surface area contributed by atoms with Crippen LogP contribution >= 0.6 is 35.0 Å². The second kappa shape index (κ2) is 9.49. The highest BCUT2D eigenvalue weighted by molar-refractivity contribution is 7.98. The van der Waals surface area contributed by atoms with E-state index in [1.54, 1.807) is 24.3 Å². The van der Waals surface area contributed by atoms with Gasteiger partial charge in [0, 0.05) is 17.3 Å². The van der Waals surface area contributed by atoms with E-state index in [4.69, 9.17) is 27.9 Å². The zero-order chi connectivity index (χ0) is 21.9. The molecule has 1 atom stereocenters. The summed E-state index contributed by atoms with van der Waals surface area (Å²) in [6.45, 7) is 4.33. The zero-order valence-corrected chi connectivity index (χ0v) is 18.4. The lowest BCUT2D eigenvalue weighted by Gasteiger charge is -2.16. The fraction of sp³-hybridized carbons (Fsp3) is 0.300. The minimum Gasteiger partial charge on any atom is -0.481 e. The fourth-order valence-corrected chi connectivity index (χ4v) is 4.21. The maximum atomic E-state index is 12.9. The van der Waals surface area contributed by atoms with Crippen molar-refractivity contribution in [2.75, 3.05) is 0 Å². The molecule has 0 saturated carbocycles. The summed E-state index contributed by atoms with van der Waals surface area (Å²) in [5.41, 5.74) is -0.112. The number of ether oxygens (including phenoxy) is 1. The summed E-state index contributed by atoms with van der Waals surface area (Å²) in [5, 5.41) is 9.90. The number of benzene rings is 2. The molecule has 3 rings (SSSR count). The van der Waals surface area contributed by atoms with Gasteiger partial charge in [-0.15, -0.1) is 10.2 Å². The van der Waals surface area contributed by atoms with Crippen molar-refractivity contribution in [3.63, 3.8) is 0 Å². The molecule has 0 fully saturated rings. The molecule has 10 heteroatoms. The molecule has 0 spiro atoms. The molecule has 0 radical (unpaired) electrons. The van der Waals surface area contributed by atoms with Crippen molar-refractivity contribution >= 4 is 35.0 Å². The fourth-order valence-electron chi connectivity index (χ4n) is 2.80. The van der Waals surface area contributed by atoms with Crippen LogP contribution in [-0.2, 0) is 18.5 Å². The molecule has 0 N–H and O–H groups in total. The lowest BCUT2D eigenvalue weighted by atomic mass is 10.1. The predicted molar refractivity (Wildman–Crippen MR) is 112 cm³/mol. The Morgan fingerprint density at radius 3 is 2.57 bits per heavy atom. The van der Waals surface area contributed by atoms with Gasteiger partial charge in [-0.25, -0.2) is 0 Å². The molecule has 0 aliphatic rings.